The Labute approximate surface area is 237 Å². The second kappa shape index (κ2) is 10.7. The molecule has 1 N–H and O–H groups in total. The molecule has 2 aliphatic heterocycles. The molecule has 2 saturated heterocycles. The minimum absolute atomic E-state index is 0.132. The van der Waals surface area contributed by atoms with Gasteiger partial charge in [-0.15, -0.1) is 0 Å². The summed E-state index contributed by atoms with van der Waals surface area (Å²) in [6.45, 7) is 15.5. The molecular weight excluding hydrogens is 498 g/mol. The topological polar surface area (TPSA) is 73.3 Å². The quantitative estimate of drug-likeness (QED) is 0.374. The van der Waals surface area contributed by atoms with Crippen LogP contribution in [0.15, 0.2) is 48.7 Å². The van der Waals surface area contributed by atoms with E-state index in [-0.39, 0.29) is 11.3 Å². The average Bonchev–Trinajstić information content (AvgIpc) is 3.69. The molecule has 0 atom stereocenters. The molecule has 6 rings (SSSR count). The average molecular weight is 540 g/mol. The number of aromatic amines is 1. The summed E-state index contributed by atoms with van der Waals surface area (Å²) in [4.78, 5) is 32.9. The van der Waals surface area contributed by atoms with Crippen molar-refractivity contribution in [1.82, 2.24) is 29.3 Å². The van der Waals surface area contributed by atoms with Crippen molar-refractivity contribution in [3.05, 3.63) is 65.7 Å². The number of carbonyl (C=O) groups excluding carboxylic acids is 1. The van der Waals surface area contributed by atoms with Gasteiger partial charge in [-0.3, -0.25) is 9.69 Å². The van der Waals surface area contributed by atoms with E-state index in [4.69, 9.17) is 9.97 Å². The van der Waals surface area contributed by atoms with Crippen LogP contribution < -0.4 is 4.90 Å². The Morgan fingerprint density at radius 2 is 1.65 bits per heavy atom. The van der Waals surface area contributed by atoms with Crippen LogP contribution in [0.3, 0.4) is 0 Å². The molecule has 0 saturated carbocycles. The van der Waals surface area contributed by atoms with E-state index in [1.54, 1.807) is 0 Å². The Kier molecular flexibility index (Phi) is 7.13. The van der Waals surface area contributed by atoms with Crippen molar-refractivity contribution in [3.8, 4) is 11.4 Å². The first-order chi connectivity index (χ1) is 19.2. The summed E-state index contributed by atoms with van der Waals surface area (Å²) in [6.07, 6.45) is 4.30. The van der Waals surface area contributed by atoms with Gasteiger partial charge in [-0.05, 0) is 42.9 Å². The first kappa shape index (κ1) is 26.6. The van der Waals surface area contributed by atoms with Crippen LogP contribution in [-0.2, 0) is 23.3 Å². The van der Waals surface area contributed by atoms with Gasteiger partial charge >= 0.3 is 0 Å². The van der Waals surface area contributed by atoms with Crippen LogP contribution in [0.4, 0.5) is 5.69 Å². The largest absolute Gasteiger partial charge is 0.367 e. The number of para-hydroxylation sites is 1. The third-order valence-electron chi connectivity index (χ3n) is 8.40. The van der Waals surface area contributed by atoms with E-state index in [0.29, 0.717) is 6.54 Å². The number of aryl methyl sites for hydroxylation is 1. The zero-order chi connectivity index (χ0) is 27.9. The highest BCUT2D eigenvalue weighted by Gasteiger charge is 2.23. The van der Waals surface area contributed by atoms with Crippen molar-refractivity contribution in [2.45, 2.75) is 59.0 Å². The second-order valence-electron chi connectivity index (χ2n) is 12.3. The number of fused-ring (bicyclic) bond motifs is 1. The number of nitrogens with zero attached hydrogens (tertiary/aromatic N) is 6. The van der Waals surface area contributed by atoms with Crippen molar-refractivity contribution in [2.75, 3.05) is 44.2 Å². The van der Waals surface area contributed by atoms with E-state index >= 15 is 0 Å². The van der Waals surface area contributed by atoms with E-state index < -0.39 is 0 Å². The number of carbonyl (C=O) groups is 1. The van der Waals surface area contributed by atoms with Gasteiger partial charge in [0.15, 0.2) is 0 Å². The Morgan fingerprint density at radius 1 is 0.925 bits per heavy atom. The lowest BCUT2D eigenvalue weighted by Gasteiger charge is -2.35. The molecule has 4 heterocycles. The number of benzene rings is 2. The van der Waals surface area contributed by atoms with Crippen LogP contribution in [0.25, 0.3) is 22.4 Å². The number of hydrogen-bond donors (Lipinski definition) is 1. The van der Waals surface area contributed by atoms with Crippen LogP contribution >= 0.6 is 0 Å². The fourth-order valence-corrected chi connectivity index (χ4v) is 5.94. The smallest absolute Gasteiger partial charge is 0.242 e. The number of H-pyrrole nitrogens is 1. The molecule has 0 aliphatic carbocycles. The standard InChI is InChI=1S/C32H41N7O/c1-23-33-26(21-39(23)22-29(40)38-14-5-6-15-38)20-36-16-18-37(19-17-36)28-9-7-8-27-30(28)35-31(34-27)24-10-12-25(13-11-24)32(2,3)4/h7-13,21H,5-6,14-20,22H2,1-4H3,(H,34,35). The van der Waals surface area contributed by atoms with Gasteiger partial charge in [0.05, 0.1) is 16.9 Å². The Morgan fingerprint density at radius 3 is 2.35 bits per heavy atom. The van der Waals surface area contributed by atoms with Gasteiger partial charge in [0, 0.05) is 57.6 Å². The third kappa shape index (κ3) is 5.50. The Hall–Kier alpha value is -3.65. The molecule has 1 amide bonds. The number of likely N-dealkylation sites (tertiary alicyclic amines) is 1. The van der Waals surface area contributed by atoms with E-state index in [1.165, 1.54) is 11.3 Å². The summed E-state index contributed by atoms with van der Waals surface area (Å²) in [5.41, 5.74) is 6.89. The van der Waals surface area contributed by atoms with Crippen LogP contribution in [0.1, 0.15) is 50.7 Å². The number of rotatable bonds is 6. The molecule has 8 nitrogen and oxygen atoms in total. The minimum atomic E-state index is 0.132. The molecule has 0 unspecified atom stereocenters. The normalized spacial score (nSPS) is 16.8. The lowest BCUT2D eigenvalue weighted by Crippen LogP contribution is -2.46. The Balaban J connectivity index is 1.10. The minimum Gasteiger partial charge on any atom is -0.367 e. The van der Waals surface area contributed by atoms with Crippen LogP contribution in [0.2, 0.25) is 0 Å². The number of anilines is 1. The first-order valence-corrected chi connectivity index (χ1v) is 14.6. The lowest BCUT2D eigenvalue weighted by atomic mass is 9.87. The molecule has 210 valence electrons. The van der Waals surface area contributed by atoms with Crippen molar-refractivity contribution < 1.29 is 4.79 Å². The summed E-state index contributed by atoms with van der Waals surface area (Å²) in [7, 11) is 0. The molecule has 0 spiro atoms. The lowest BCUT2D eigenvalue weighted by molar-refractivity contribution is -0.130. The van der Waals surface area contributed by atoms with Crippen molar-refractivity contribution >= 4 is 22.6 Å². The van der Waals surface area contributed by atoms with Gasteiger partial charge in [-0.1, -0.05) is 51.1 Å². The highest BCUT2D eigenvalue weighted by molar-refractivity contribution is 5.91. The van der Waals surface area contributed by atoms with Crippen LogP contribution in [0, 0.1) is 6.92 Å². The molecule has 0 radical (unpaired) electrons. The maximum absolute atomic E-state index is 12.6. The molecule has 2 fully saturated rings. The predicted molar refractivity (Wildman–Crippen MR) is 160 cm³/mol. The van der Waals surface area contributed by atoms with E-state index in [1.807, 2.05) is 16.4 Å². The van der Waals surface area contributed by atoms with Gasteiger partial charge < -0.3 is 19.4 Å². The maximum atomic E-state index is 12.6. The summed E-state index contributed by atoms with van der Waals surface area (Å²) < 4.78 is 2.01. The molecule has 2 aromatic carbocycles. The summed E-state index contributed by atoms with van der Waals surface area (Å²) in [5, 5.41) is 0. The van der Waals surface area contributed by atoms with E-state index in [9.17, 15) is 4.79 Å². The summed E-state index contributed by atoms with van der Waals surface area (Å²) in [5.74, 6) is 2.03. The fraction of sp³-hybridized carbons (Fsp3) is 0.469. The monoisotopic (exact) mass is 539 g/mol. The molecule has 2 aromatic heterocycles. The molecular formula is C32H41N7O. The molecule has 2 aliphatic rings. The van der Waals surface area contributed by atoms with Gasteiger partial charge in [-0.25, -0.2) is 9.97 Å². The zero-order valence-corrected chi connectivity index (χ0v) is 24.3. The molecule has 0 bridgehead atoms. The predicted octanol–water partition coefficient (Wildman–Crippen LogP) is 4.98. The first-order valence-electron chi connectivity index (χ1n) is 14.6. The number of nitrogens with one attached hydrogen (secondary N) is 1. The van der Waals surface area contributed by atoms with Crippen molar-refractivity contribution in [2.24, 2.45) is 0 Å². The van der Waals surface area contributed by atoms with Gasteiger partial charge in [0.2, 0.25) is 5.91 Å². The van der Waals surface area contributed by atoms with Crippen molar-refractivity contribution in [3.63, 3.8) is 0 Å². The van der Waals surface area contributed by atoms with Crippen LogP contribution in [0.5, 0.6) is 0 Å². The highest BCUT2D eigenvalue weighted by atomic mass is 16.2. The number of hydrogen-bond acceptors (Lipinski definition) is 5. The fourth-order valence-electron chi connectivity index (χ4n) is 5.94. The Bertz CT molecular complexity index is 1480. The molecule has 40 heavy (non-hydrogen) atoms. The van der Waals surface area contributed by atoms with Gasteiger partial charge in [0.25, 0.3) is 0 Å². The summed E-state index contributed by atoms with van der Waals surface area (Å²) in [6, 6.07) is 15.2. The number of imidazole rings is 2. The number of aromatic nitrogens is 4. The molecule has 8 heteroatoms. The van der Waals surface area contributed by atoms with Gasteiger partial charge in [0.1, 0.15) is 23.7 Å². The highest BCUT2D eigenvalue weighted by Crippen LogP contribution is 2.30. The molecule has 4 aromatic rings. The summed E-state index contributed by atoms with van der Waals surface area (Å²) >= 11 is 0. The SMILES string of the molecule is Cc1nc(CN2CCN(c3cccc4[nH]c(-c5ccc(C(C)(C)C)cc5)nc34)CC2)cn1CC(=O)N1CCCC1. The van der Waals surface area contributed by atoms with E-state index in [0.717, 1.165) is 92.6 Å². The maximum Gasteiger partial charge on any atom is 0.242 e. The van der Waals surface area contributed by atoms with Crippen LogP contribution in [-0.4, -0.2) is 74.5 Å². The van der Waals surface area contributed by atoms with Gasteiger partial charge in [-0.2, -0.15) is 0 Å². The zero-order valence-electron chi connectivity index (χ0n) is 24.3. The number of piperazine rings is 1. The third-order valence-corrected chi connectivity index (χ3v) is 8.40. The van der Waals surface area contributed by atoms with Crippen molar-refractivity contribution in [1.29, 1.82) is 0 Å². The van der Waals surface area contributed by atoms with E-state index in [2.05, 4.69) is 84.2 Å². The number of amides is 1. The second-order valence-corrected chi connectivity index (χ2v) is 12.3.